The molecule has 0 radical (unpaired) electrons. The van der Waals surface area contributed by atoms with Crippen molar-refractivity contribution in [1.29, 1.82) is 0 Å². The van der Waals surface area contributed by atoms with Gasteiger partial charge in [0.05, 0.1) is 18.8 Å². The van der Waals surface area contributed by atoms with Gasteiger partial charge in [0, 0.05) is 60.2 Å². The van der Waals surface area contributed by atoms with Crippen LogP contribution in [0.15, 0.2) is 24.3 Å². The van der Waals surface area contributed by atoms with Crippen LogP contribution in [-0.4, -0.2) is 78.8 Å². The number of rotatable bonds is 7. The highest BCUT2D eigenvalue weighted by molar-refractivity contribution is 5.98. The Kier molecular flexibility index (Phi) is 6.21. The summed E-state index contributed by atoms with van der Waals surface area (Å²) in [5.41, 5.74) is 9.53. The van der Waals surface area contributed by atoms with Crippen LogP contribution >= 0.6 is 0 Å². The van der Waals surface area contributed by atoms with Crippen LogP contribution in [0.1, 0.15) is 42.5 Å². The second kappa shape index (κ2) is 9.79. The first-order chi connectivity index (χ1) is 19.4. The molecule has 3 N–H and O–H groups in total. The Balaban J connectivity index is 1.25. The average molecular weight is 539 g/mol. The van der Waals surface area contributed by atoms with Crippen LogP contribution in [0.5, 0.6) is 6.01 Å². The molecule has 2 unspecified atom stereocenters. The van der Waals surface area contributed by atoms with Crippen LogP contribution in [0.3, 0.4) is 0 Å². The standard InChI is InChI=1S/C31H38N8O/c1-4-20-6-5-7-21-14-26(32)35-29(27(20)21)38-13-10-24-25(17-38)34-30(40-19-31(11-12-31)18-37(2)3)36-28(24)39-15-22-8-9-23(16-39)33-22/h1,5-7,14,22-23,33H,8-13,15-19H2,2-3H3,(H2,32,35). The summed E-state index contributed by atoms with van der Waals surface area (Å²) in [4.78, 5) is 21.9. The minimum absolute atomic E-state index is 0.207. The third-order valence-electron chi connectivity index (χ3n) is 8.97. The molecule has 0 spiro atoms. The van der Waals surface area contributed by atoms with Gasteiger partial charge < -0.3 is 30.5 Å². The fourth-order valence-corrected chi connectivity index (χ4v) is 6.94. The molecule has 2 aromatic heterocycles. The van der Waals surface area contributed by atoms with E-state index in [0.717, 1.165) is 66.3 Å². The Bertz CT molecular complexity index is 1480. The zero-order chi connectivity index (χ0) is 27.4. The largest absolute Gasteiger partial charge is 0.463 e. The van der Waals surface area contributed by atoms with Crippen molar-refractivity contribution in [3.05, 3.63) is 41.1 Å². The van der Waals surface area contributed by atoms with Gasteiger partial charge in [-0.2, -0.15) is 9.97 Å². The van der Waals surface area contributed by atoms with Crippen molar-refractivity contribution in [3.63, 3.8) is 0 Å². The van der Waals surface area contributed by atoms with Gasteiger partial charge in [-0.15, -0.1) is 6.42 Å². The van der Waals surface area contributed by atoms with Crippen LogP contribution in [-0.2, 0) is 13.0 Å². The number of nitrogens with zero attached hydrogens (tertiary/aromatic N) is 6. The SMILES string of the molecule is C#Cc1cccc2cc(N)nc(N3CCc4c(nc(OCC5(CN(C)C)CC5)nc4N4CC5CCC(C4)N5)C3)c12. The molecule has 0 amide bonds. The molecule has 2 bridgehead atoms. The highest BCUT2D eigenvalue weighted by atomic mass is 16.5. The molecule has 5 heterocycles. The molecule has 9 heteroatoms. The third-order valence-corrected chi connectivity index (χ3v) is 8.97. The molecular formula is C31H38N8O. The number of hydrogen-bond donors (Lipinski definition) is 2. The molecule has 3 aliphatic heterocycles. The molecule has 2 atom stereocenters. The van der Waals surface area contributed by atoms with Crippen molar-refractivity contribution < 1.29 is 4.74 Å². The topological polar surface area (TPSA) is 95.7 Å². The summed E-state index contributed by atoms with van der Waals surface area (Å²) in [7, 11) is 4.25. The van der Waals surface area contributed by atoms with E-state index >= 15 is 0 Å². The molecule has 9 nitrogen and oxygen atoms in total. The van der Waals surface area contributed by atoms with E-state index < -0.39 is 0 Å². The Morgan fingerprint density at radius 3 is 2.65 bits per heavy atom. The zero-order valence-corrected chi connectivity index (χ0v) is 23.5. The average Bonchev–Trinajstić information content (AvgIpc) is 3.63. The molecule has 2 saturated heterocycles. The molecule has 1 aromatic carbocycles. The van der Waals surface area contributed by atoms with Crippen LogP contribution in [0.2, 0.25) is 0 Å². The zero-order valence-electron chi connectivity index (χ0n) is 23.5. The summed E-state index contributed by atoms with van der Waals surface area (Å²) in [6.45, 7) is 5.01. The van der Waals surface area contributed by atoms with E-state index in [1.165, 1.54) is 31.2 Å². The number of fused-ring (bicyclic) bond motifs is 4. The van der Waals surface area contributed by atoms with E-state index in [4.69, 9.17) is 31.8 Å². The van der Waals surface area contributed by atoms with Gasteiger partial charge in [0.2, 0.25) is 0 Å². The van der Waals surface area contributed by atoms with Gasteiger partial charge >= 0.3 is 6.01 Å². The van der Waals surface area contributed by atoms with Gasteiger partial charge in [0.1, 0.15) is 17.5 Å². The predicted octanol–water partition coefficient (Wildman–Crippen LogP) is 2.81. The van der Waals surface area contributed by atoms with Crippen LogP contribution in [0, 0.1) is 17.8 Å². The lowest BCUT2D eigenvalue weighted by Gasteiger charge is -2.37. The van der Waals surface area contributed by atoms with Gasteiger partial charge in [-0.1, -0.05) is 18.1 Å². The molecule has 40 heavy (non-hydrogen) atoms. The Hall–Kier alpha value is -3.61. The molecule has 1 saturated carbocycles. The first-order valence-electron chi connectivity index (χ1n) is 14.5. The lowest BCUT2D eigenvalue weighted by molar-refractivity contribution is 0.182. The number of pyridine rings is 1. The van der Waals surface area contributed by atoms with E-state index in [1.54, 1.807) is 0 Å². The van der Waals surface area contributed by atoms with Crippen LogP contribution in [0.4, 0.5) is 17.5 Å². The van der Waals surface area contributed by atoms with Gasteiger partial charge in [0.15, 0.2) is 0 Å². The molecule has 1 aliphatic carbocycles. The van der Waals surface area contributed by atoms with Gasteiger partial charge in [-0.25, -0.2) is 4.98 Å². The number of piperazine rings is 1. The summed E-state index contributed by atoms with van der Waals surface area (Å²) < 4.78 is 6.40. The van der Waals surface area contributed by atoms with E-state index in [-0.39, 0.29) is 5.41 Å². The summed E-state index contributed by atoms with van der Waals surface area (Å²) >= 11 is 0. The number of nitrogen functional groups attached to an aromatic ring is 1. The summed E-state index contributed by atoms with van der Waals surface area (Å²) in [5, 5.41) is 5.72. The predicted molar refractivity (Wildman–Crippen MR) is 159 cm³/mol. The maximum absolute atomic E-state index is 6.40. The maximum Gasteiger partial charge on any atom is 0.318 e. The minimum atomic E-state index is 0.207. The van der Waals surface area contributed by atoms with Crippen molar-refractivity contribution >= 4 is 28.2 Å². The fraction of sp³-hybridized carbons (Fsp3) is 0.516. The minimum Gasteiger partial charge on any atom is -0.463 e. The number of anilines is 3. The summed E-state index contributed by atoms with van der Waals surface area (Å²) in [6, 6.07) is 9.40. The molecule has 3 fully saturated rings. The normalized spacial score (nSPS) is 22.9. The Labute approximate surface area is 236 Å². The van der Waals surface area contributed by atoms with E-state index in [2.05, 4.69) is 40.0 Å². The summed E-state index contributed by atoms with van der Waals surface area (Å²) in [6.07, 6.45) is 11.5. The van der Waals surface area contributed by atoms with Crippen molar-refractivity contribution in [2.24, 2.45) is 5.41 Å². The smallest absolute Gasteiger partial charge is 0.318 e. The third kappa shape index (κ3) is 4.69. The number of terminal acetylenes is 1. The molecule has 7 rings (SSSR count). The maximum atomic E-state index is 6.40. The second-order valence-corrected chi connectivity index (χ2v) is 12.4. The Morgan fingerprint density at radius 1 is 1.12 bits per heavy atom. The van der Waals surface area contributed by atoms with Crippen LogP contribution < -0.4 is 25.6 Å². The lowest BCUT2D eigenvalue weighted by atomic mass is 10.0. The van der Waals surface area contributed by atoms with Crippen molar-refractivity contribution in [3.8, 4) is 18.4 Å². The van der Waals surface area contributed by atoms with Crippen molar-refractivity contribution in [1.82, 2.24) is 25.2 Å². The van der Waals surface area contributed by atoms with Crippen molar-refractivity contribution in [2.45, 2.75) is 50.7 Å². The van der Waals surface area contributed by atoms with E-state index in [1.807, 2.05) is 24.3 Å². The Morgan fingerprint density at radius 2 is 1.93 bits per heavy atom. The molecule has 4 aliphatic rings. The van der Waals surface area contributed by atoms with Gasteiger partial charge in [0.25, 0.3) is 0 Å². The van der Waals surface area contributed by atoms with Gasteiger partial charge in [-0.05, 0) is 63.7 Å². The molecule has 208 valence electrons. The number of ether oxygens (including phenoxy) is 1. The van der Waals surface area contributed by atoms with E-state index in [9.17, 15) is 0 Å². The molecular weight excluding hydrogens is 500 g/mol. The fourth-order valence-electron chi connectivity index (χ4n) is 6.94. The number of aromatic nitrogens is 3. The number of nitrogens with one attached hydrogen (secondary N) is 1. The number of benzene rings is 1. The number of hydrogen-bond acceptors (Lipinski definition) is 9. The first-order valence-corrected chi connectivity index (χ1v) is 14.5. The second-order valence-electron chi connectivity index (χ2n) is 12.4. The highest BCUT2D eigenvalue weighted by Crippen LogP contribution is 2.46. The van der Waals surface area contributed by atoms with Crippen molar-refractivity contribution in [2.75, 3.05) is 62.4 Å². The summed E-state index contributed by atoms with van der Waals surface area (Å²) in [5.74, 6) is 5.20. The quantitative estimate of drug-likeness (QED) is 0.440. The first kappa shape index (κ1) is 25.4. The lowest BCUT2D eigenvalue weighted by Crippen LogP contribution is -2.52. The highest BCUT2D eigenvalue weighted by Gasteiger charge is 2.44. The molecule has 3 aromatic rings. The van der Waals surface area contributed by atoms with Gasteiger partial charge in [-0.3, -0.25) is 0 Å². The monoisotopic (exact) mass is 538 g/mol. The van der Waals surface area contributed by atoms with Crippen LogP contribution in [0.25, 0.3) is 10.8 Å². The number of nitrogens with two attached hydrogens (primary N) is 1. The van der Waals surface area contributed by atoms with E-state index in [0.29, 0.717) is 37.1 Å².